The molecule has 0 amide bonds. The highest BCUT2D eigenvalue weighted by atomic mass is 16.1. The molecular formula is C12H14N2O. The van der Waals surface area contributed by atoms with Gasteiger partial charge in [-0.3, -0.25) is 9.79 Å². The quantitative estimate of drug-likeness (QED) is 0.637. The number of ketones is 1. The van der Waals surface area contributed by atoms with Crippen molar-refractivity contribution >= 4 is 11.5 Å². The Kier molecular flexibility index (Phi) is 2.06. The van der Waals surface area contributed by atoms with Gasteiger partial charge in [-0.25, -0.2) is 0 Å². The van der Waals surface area contributed by atoms with Crippen molar-refractivity contribution in [2.45, 2.75) is 25.3 Å². The summed E-state index contributed by atoms with van der Waals surface area (Å²) < 4.78 is 0. The molecule has 0 aromatic rings. The van der Waals surface area contributed by atoms with E-state index in [1.54, 1.807) is 6.08 Å². The number of piperidine rings is 1. The Morgan fingerprint density at radius 3 is 3.20 bits per heavy atom. The summed E-state index contributed by atoms with van der Waals surface area (Å²) in [7, 11) is 0. The van der Waals surface area contributed by atoms with Crippen LogP contribution in [-0.2, 0) is 4.79 Å². The zero-order valence-electron chi connectivity index (χ0n) is 8.62. The Bertz CT molecular complexity index is 404. The molecule has 0 spiro atoms. The molecule has 1 saturated heterocycles. The second-order valence-electron chi connectivity index (χ2n) is 4.34. The fourth-order valence-electron chi connectivity index (χ4n) is 2.44. The Morgan fingerprint density at radius 1 is 1.33 bits per heavy atom. The molecule has 3 heteroatoms. The van der Waals surface area contributed by atoms with E-state index in [-0.39, 0.29) is 11.8 Å². The largest absolute Gasteiger partial charge is 0.311 e. The zero-order valence-corrected chi connectivity index (χ0v) is 8.62. The number of dihydropyridines is 1. The van der Waals surface area contributed by atoms with Crippen LogP contribution in [0.2, 0.25) is 0 Å². The predicted octanol–water partition coefficient (Wildman–Crippen LogP) is 1.02. The van der Waals surface area contributed by atoms with E-state index < -0.39 is 0 Å². The minimum atomic E-state index is 0.251. The maximum absolute atomic E-state index is 11.3. The molecule has 3 nitrogen and oxygen atoms in total. The number of hydrogen-bond acceptors (Lipinski definition) is 3. The molecule has 0 saturated carbocycles. The summed E-state index contributed by atoms with van der Waals surface area (Å²) in [4.78, 5) is 16.0. The summed E-state index contributed by atoms with van der Waals surface area (Å²) in [5.74, 6) is 0.255. The van der Waals surface area contributed by atoms with Crippen LogP contribution < -0.4 is 5.32 Å². The molecule has 2 aliphatic heterocycles. The van der Waals surface area contributed by atoms with Crippen LogP contribution in [-0.4, -0.2) is 30.6 Å². The van der Waals surface area contributed by atoms with Crippen LogP contribution in [0.25, 0.3) is 0 Å². The number of carbonyl (C=O) groups is 1. The van der Waals surface area contributed by atoms with Crippen LogP contribution >= 0.6 is 0 Å². The van der Waals surface area contributed by atoms with Gasteiger partial charge < -0.3 is 5.32 Å². The molecule has 0 bridgehead atoms. The van der Waals surface area contributed by atoms with E-state index in [0.717, 1.165) is 31.5 Å². The Hall–Kier alpha value is -1.22. The molecule has 3 rings (SSSR count). The summed E-state index contributed by atoms with van der Waals surface area (Å²) in [5, 5.41) is 3.33. The topological polar surface area (TPSA) is 41.5 Å². The monoisotopic (exact) mass is 202 g/mol. The summed E-state index contributed by atoms with van der Waals surface area (Å²) in [5.41, 5.74) is 3.66. The van der Waals surface area contributed by atoms with Gasteiger partial charge in [0.25, 0.3) is 0 Å². The molecular weight excluding hydrogens is 188 g/mol. The van der Waals surface area contributed by atoms with Gasteiger partial charge in [0.15, 0.2) is 5.78 Å². The lowest BCUT2D eigenvalue weighted by molar-refractivity contribution is -0.115. The van der Waals surface area contributed by atoms with Crippen molar-refractivity contribution in [2.24, 2.45) is 4.99 Å². The third-order valence-corrected chi connectivity index (χ3v) is 3.26. The summed E-state index contributed by atoms with van der Waals surface area (Å²) in [6.45, 7) is 1.92. The number of nitrogens with one attached hydrogen (secondary N) is 1. The Labute approximate surface area is 89.0 Å². The van der Waals surface area contributed by atoms with E-state index in [1.165, 1.54) is 11.3 Å². The average molecular weight is 202 g/mol. The van der Waals surface area contributed by atoms with Gasteiger partial charge in [-0.05, 0) is 36.6 Å². The molecule has 1 aliphatic carbocycles. The van der Waals surface area contributed by atoms with Crippen molar-refractivity contribution in [2.75, 3.05) is 13.1 Å². The van der Waals surface area contributed by atoms with E-state index in [0.29, 0.717) is 6.42 Å². The van der Waals surface area contributed by atoms with Gasteiger partial charge in [-0.2, -0.15) is 0 Å². The lowest BCUT2D eigenvalue weighted by Crippen LogP contribution is -2.35. The van der Waals surface area contributed by atoms with Crippen molar-refractivity contribution in [3.05, 3.63) is 23.3 Å². The van der Waals surface area contributed by atoms with Crippen LogP contribution in [0.1, 0.15) is 19.3 Å². The molecule has 78 valence electrons. The maximum Gasteiger partial charge on any atom is 0.156 e. The van der Waals surface area contributed by atoms with Gasteiger partial charge in [-0.15, -0.1) is 0 Å². The molecule has 1 N–H and O–H groups in total. The first kappa shape index (κ1) is 9.04. The van der Waals surface area contributed by atoms with Gasteiger partial charge >= 0.3 is 0 Å². The lowest BCUT2D eigenvalue weighted by atomic mass is 9.87. The number of allylic oxidation sites excluding steroid dienone is 1. The van der Waals surface area contributed by atoms with E-state index in [9.17, 15) is 4.79 Å². The van der Waals surface area contributed by atoms with Crippen LogP contribution in [0.15, 0.2) is 28.3 Å². The van der Waals surface area contributed by atoms with E-state index in [1.807, 2.05) is 0 Å². The zero-order chi connectivity index (χ0) is 10.3. The normalized spacial score (nSPS) is 29.7. The fourth-order valence-corrected chi connectivity index (χ4v) is 2.44. The highest BCUT2D eigenvalue weighted by molar-refractivity contribution is 6.05. The third kappa shape index (κ3) is 1.57. The van der Waals surface area contributed by atoms with Crippen molar-refractivity contribution < 1.29 is 4.79 Å². The molecule has 3 aliphatic rings. The van der Waals surface area contributed by atoms with Gasteiger partial charge in [0.2, 0.25) is 0 Å². The number of rotatable bonds is 0. The summed E-state index contributed by atoms with van der Waals surface area (Å²) in [6.07, 6.45) is 6.55. The molecule has 15 heavy (non-hydrogen) atoms. The molecule has 1 fully saturated rings. The Morgan fingerprint density at radius 2 is 2.27 bits per heavy atom. The molecule has 0 aromatic heterocycles. The lowest BCUT2D eigenvalue weighted by Gasteiger charge is -2.28. The maximum atomic E-state index is 11.3. The van der Waals surface area contributed by atoms with Crippen LogP contribution in [0.5, 0.6) is 0 Å². The minimum Gasteiger partial charge on any atom is -0.311 e. The van der Waals surface area contributed by atoms with Crippen LogP contribution in [0, 0.1) is 0 Å². The SMILES string of the molecule is O=C1C=C2C=C3CCNCC3=NC2CC1. The van der Waals surface area contributed by atoms with Crippen LogP contribution in [0.4, 0.5) is 0 Å². The van der Waals surface area contributed by atoms with Crippen molar-refractivity contribution in [1.29, 1.82) is 0 Å². The number of nitrogens with zero attached hydrogens (tertiary/aromatic N) is 1. The van der Waals surface area contributed by atoms with Crippen molar-refractivity contribution in [3.63, 3.8) is 0 Å². The van der Waals surface area contributed by atoms with Gasteiger partial charge in [0, 0.05) is 13.0 Å². The van der Waals surface area contributed by atoms with Gasteiger partial charge in [0.1, 0.15) is 0 Å². The number of aliphatic imine (C=N–C) groups is 1. The summed E-state index contributed by atoms with van der Waals surface area (Å²) >= 11 is 0. The van der Waals surface area contributed by atoms with Crippen molar-refractivity contribution in [3.8, 4) is 0 Å². The Balaban J connectivity index is 1.98. The molecule has 2 heterocycles. The second kappa shape index (κ2) is 3.42. The van der Waals surface area contributed by atoms with Crippen LogP contribution in [0.3, 0.4) is 0 Å². The standard InChI is InChI=1S/C12H14N2O/c15-10-1-2-11-9(6-10)5-8-3-4-13-7-12(8)14-11/h5-6,11,13H,1-4,7H2. The molecule has 0 radical (unpaired) electrons. The highest BCUT2D eigenvalue weighted by Crippen LogP contribution is 2.28. The van der Waals surface area contributed by atoms with Crippen molar-refractivity contribution in [1.82, 2.24) is 5.32 Å². The first-order valence-corrected chi connectivity index (χ1v) is 5.56. The average Bonchev–Trinajstić information content (AvgIpc) is 2.26. The molecule has 1 atom stereocenters. The molecule has 0 aromatic carbocycles. The van der Waals surface area contributed by atoms with E-state index in [4.69, 9.17) is 4.99 Å². The highest BCUT2D eigenvalue weighted by Gasteiger charge is 2.26. The number of carbonyl (C=O) groups excluding carboxylic acids is 1. The first-order valence-electron chi connectivity index (χ1n) is 5.56. The number of fused-ring (bicyclic) bond motifs is 2. The predicted molar refractivity (Wildman–Crippen MR) is 59.1 cm³/mol. The molecule has 1 unspecified atom stereocenters. The fraction of sp³-hybridized carbons (Fsp3) is 0.500. The van der Waals surface area contributed by atoms with E-state index in [2.05, 4.69) is 11.4 Å². The minimum absolute atomic E-state index is 0.251. The third-order valence-electron chi connectivity index (χ3n) is 3.26. The first-order chi connectivity index (χ1) is 7.33. The summed E-state index contributed by atoms with van der Waals surface area (Å²) in [6, 6.07) is 0.251. The smallest absolute Gasteiger partial charge is 0.156 e. The number of hydrogen-bond donors (Lipinski definition) is 1. The second-order valence-corrected chi connectivity index (χ2v) is 4.34. The van der Waals surface area contributed by atoms with E-state index >= 15 is 0 Å². The van der Waals surface area contributed by atoms with Gasteiger partial charge in [0.05, 0.1) is 11.8 Å². The van der Waals surface area contributed by atoms with Gasteiger partial charge in [-0.1, -0.05) is 6.08 Å².